The predicted octanol–water partition coefficient (Wildman–Crippen LogP) is 8.68. The molecule has 1 aliphatic rings. The Morgan fingerprint density at radius 1 is 0.829 bits per heavy atom. The fourth-order valence-electron chi connectivity index (χ4n) is 6.15. The molecule has 5 aromatic rings. The lowest BCUT2D eigenvalue weighted by Gasteiger charge is -2.10. The van der Waals surface area contributed by atoms with Crippen LogP contribution in [0, 0.1) is 33.6 Å². The minimum Gasteiger partial charge on any atom is -0.437 e. The third kappa shape index (κ3) is 3.93. The molecular formula is C32H32N2O. The van der Waals surface area contributed by atoms with Gasteiger partial charge < -0.3 is 4.42 Å². The largest absolute Gasteiger partial charge is 0.437 e. The summed E-state index contributed by atoms with van der Waals surface area (Å²) in [6.45, 7) is 8.60. The van der Waals surface area contributed by atoms with E-state index in [9.17, 15) is 0 Å². The monoisotopic (exact) mass is 460 g/mol. The number of rotatable bonds is 4. The van der Waals surface area contributed by atoms with Gasteiger partial charge in [-0.05, 0) is 92.6 Å². The lowest BCUT2D eigenvalue weighted by Crippen LogP contribution is -1.99. The molecule has 1 fully saturated rings. The fraction of sp³-hybridized carbons (Fsp3) is 0.312. The van der Waals surface area contributed by atoms with E-state index in [1.807, 2.05) is 6.20 Å². The first-order valence-electron chi connectivity index (χ1n) is 12.8. The number of aryl methyl sites for hydroxylation is 4. The van der Waals surface area contributed by atoms with Gasteiger partial charge in [0.1, 0.15) is 5.58 Å². The Kier molecular flexibility index (Phi) is 5.44. The Morgan fingerprint density at radius 3 is 2.37 bits per heavy atom. The van der Waals surface area contributed by atoms with Crippen molar-refractivity contribution in [1.82, 2.24) is 9.97 Å². The quantitative estimate of drug-likeness (QED) is 0.269. The van der Waals surface area contributed by atoms with Gasteiger partial charge in [0.25, 0.3) is 0 Å². The number of hydrogen-bond acceptors (Lipinski definition) is 3. The number of aromatic nitrogens is 2. The first-order valence-corrected chi connectivity index (χ1v) is 12.8. The molecule has 3 aromatic heterocycles. The maximum absolute atomic E-state index is 6.51. The number of furan rings is 1. The summed E-state index contributed by atoms with van der Waals surface area (Å²) >= 11 is 0. The van der Waals surface area contributed by atoms with Crippen LogP contribution in [0.15, 0.2) is 59.1 Å². The van der Waals surface area contributed by atoms with Gasteiger partial charge in [0.15, 0.2) is 0 Å². The van der Waals surface area contributed by atoms with Gasteiger partial charge in [-0.2, -0.15) is 0 Å². The number of pyridine rings is 2. The third-order valence-corrected chi connectivity index (χ3v) is 7.73. The molecule has 0 unspecified atom stereocenters. The number of hydrogen-bond donors (Lipinski definition) is 0. The molecule has 0 bridgehead atoms. The first kappa shape index (κ1) is 22.0. The predicted molar refractivity (Wildman–Crippen MR) is 145 cm³/mol. The molecular weight excluding hydrogens is 428 g/mol. The van der Waals surface area contributed by atoms with Crippen LogP contribution in [0.3, 0.4) is 0 Å². The lowest BCUT2D eigenvalue weighted by molar-refractivity contribution is 0.546. The van der Waals surface area contributed by atoms with E-state index in [1.165, 1.54) is 59.1 Å². The molecule has 0 aliphatic heterocycles. The highest BCUT2D eigenvalue weighted by atomic mass is 16.3. The van der Waals surface area contributed by atoms with Crippen LogP contribution < -0.4 is 0 Å². The molecule has 2 aromatic carbocycles. The van der Waals surface area contributed by atoms with Crippen molar-refractivity contribution < 1.29 is 4.42 Å². The molecule has 3 heterocycles. The summed E-state index contributed by atoms with van der Waals surface area (Å²) in [5.41, 5.74) is 12.1. The second kappa shape index (κ2) is 8.64. The Balaban J connectivity index is 1.48. The summed E-state index contributed by atoms with van der Waals surface area (Å²) < 4.78 is 6.51. The molecule has 0 radical (unpaired) electrons. The van der Waals surface area contributed by atoms with Gasteiger partial charge in [0.2, 0.25) is 5.71 Å². The third-order valence-electron chi connectivity index (χ3n) is 7.73. The highest BCUT2D eigenvalue weighted by Crippen LogP contribution is 2.38. The molecule has 176 valence electrons. The summed E-state index contributed by atoms with van der Waals surface area (Å²) in [6, 6.07) is 17.5. The van der Waals surface area contributed by atoms with E-state index in [4.69, 9.17) is 14.4 Å². The number of fused-ring (bicyclic) bond motifs is 3. The second-order valence-corrected chi connectivity index (χ2v) is 10.5. The zero-order valence-electron chi connectivity index (χ0n) is 21.1. The van der Waals surface area contributed by atoms with Crippen molar-refractivity contribution >= 4 is 22.1 Å². The molecule has 0 atom stereocenters. The molecule has 0 spiro atoms. The van der Waals surface area contributed by atoms with Gasteiger partial charge in [0.05, 0.1) is 11.4 Å². The van der Waals surface area contributed by atoms with Crippen molar-refractivity contribution in [3.8, 4) is 22.5 Å². The van der Waals surface area contributed by atoms with Crippen LogP contribution in [0.4, 0.5) is 0 Å². The van der Waals surface area contributed by atoms with E-state index in [2.05, 4.69) is 76.2 Å². The van der Waals surface area contributed by atoms with E-state index in [0.717, 1.165) is 45.6 Å². The molecule has 35 heavy (non-hydrogen) atoms. The smallest absolute Gasteiger partial charge is 0.227 e. The van der Waals surface area contributed by atoms with Crippen LogP contribution in [0.25, 0.3) is 44.6 Å². The summed E-state index contributed by atoms with van der Waals surface area (Å²) in [5, 5.41) is 2.20. The standard InChI is InChI=1S/C32H32N2O/c1-19-15-21(3)29(22(4)16-19)27-12-11-26-30-20(2)9-10-25(31(30)35-32(26)34-27)28-18-24(13-14-33-28)17-23-7-5-6-8-23/h9-16,18,23H,5-8,17H2,1-4H3. The van der Waals surface area contributed by atoms with E-state index >= 15 is 0 Å². The van der Waals surface area contributed by atoms with Crippen LogP contribution in [0.1, 0.15) is 53.5 Å². The Hall–Kier alpha value is -3.46. The summed E-state index contributed by atoms with van der Waals surface area (Å²) in [5.74, 6) is 0.811. The molecule has 6 rings (SSSR count). The minimum absolute atomic E-state index is 0.689. The molecule has 1 saturated carbocycles. The average molecular weight is 461 g/mol. The maximum Gasteiger partial charge on any atom is 0.227 e. The van der Waals surface area contributed by atoms with Crippen molar-refractivity contribution in [1.29, 1.82) is 0 Å². The fourth-order valence-corrected chi connectivity index (χ4v) is 6.15. The normalized spacial score (nSPS) is 14.4. The molecule has 0 saturated heterocycles. The van der Waals surface area contributed by atoms with E-state index < -0.39 is 0 Å². The summed E-state index contributed by atoms with van der Waals surface area (Å²) in [4.78, 5) is 9.76. The highest BCUT2D eigenvalue weighted by molar-refractivity contribution is 6.10. The van der Waals surface area contributed by atoms with Crippen LogP contribution >= 0.6 is 0 Å². The maximum atomic E-state index is 6.51. The van der Waals surface area contributed by atoms with Crippen molar-refractivity contribution in [3.05, 3.63) is 82.5 Å². The van der Waals surface area contributed by atoms with Crippen molar-refractivity contribution in [3.63, 3.8) is 0 Å². The van der Waals surface area contributed by atoms with Crippen LogP contribution in [-0.4, -0.2) is 9.97 Å². The van der Waals surface area contributed by atoms with Crippen LogP contribution in [-0.2, 0) is 6.42 Å². The zero-order valence-corrected chi connectivity index (χ0v) is 21.1. The van der Waals surface area contributed by atoms with Gasteiger partial charge in [-0.1, -0.05) is 49.4 Å². The van der Waals surface area contributed by atoms with E-state index in [-0.39, 0.29) is 0 Å². The summed E-state index contributed by atoms with van der Waals surface area (Å²) in [6.07, 6.45) is 8.54. The van der Waals surface area contributed by atoms with Gasteiger partial charge in [0, 0.05) is 28.1 Å². The molecule has 3 heteroatoms. The zero-order chi connectivity index (χ0) is 24.1. The van der Waals surface area contributed by atoms with Crippen LogP contribution in [0.2, 0.25) is 0 Å². The number of nitrogens with zero attached hydrogens (tertiary/aromatic N) is 2. The highest BCUT2D eigenvalue weighted by Gasteiger charge is 2.19. The molecule has 0 amide bonds. The van der Waals surface area contributed by atoms with Gasteiger partial charge in [-0.15, -0.1) is 0 Å². The van der Waals surface area contributed by atoms with E-state index in [1.54, 1.807) is 0 Å². The van der Waals surface area contributed by atoms with Gasteiger partial charge in [-0.3, -0.25) is 4.98 Å². The van der Waals surface area contributed by atoms with Gasteiger partial charge in [-0.25, -0.2) is 4.98 Å². The second-order valence-electron chi connectivity index (χ2n) is 10.5. The van der Waals surface area contributed by atoms with Crippen molar-refractivity contribution in [2.24, 2.45) is 5.92 Å². The van der Waals surface area contributed by atoms with Crippen LogP contribution in [0.5, 0.6) is 0 Å². The van der Waals surface area contributed by atoms with E-state index in [0.29, 0.717) is 5.71 Å². The number of benzene rings is 2. The van der Waals surface area contributed by atoms with Crippen molar-refractivity contribution in [2.45, 2.75) is 59.8 Å². The average Bonchev–Trinajstić information content (AvgIpc) is 3.46. The summed E-state index contributed by atoms with van der Waals surface area (Å²) in [7, 11) is 0. The van der Waals surface area contributed by atoms with Gasteiger partial charge >= 0.3 is 0 Å². The first-order chi connectivity index (χ1) is 17.0. The Morgan fingerprint density at radius 2 is 1.60 bits per heavy atom. The van der Waals surface area contributed by atoms with Crippen molar-refractivity contribution in [2.75, 3.05) is 0 Å². The molecule has 1 aliphatic carbocycles. The Labute approximate surface area is 207 Å². The molecule has 0 N–H and O–H groups in total. The lowest BCUT2D eigenvalue weighted by atomic mass is 9.96. The SMILES string of the molecule is Cc1cc(C)c(-c2ccc3c(n2)oc2c(-c4cc(CC5CCCC5)ccn4)ccc(C)c23)c(C)c1. The minimum atomic E-state index is 0.689. The Bertz CT molecular complexity index is 1550. The molecule has 3 nitrogen and oxygen atoms in total. The topological polar surface area (TPSA) is 38.9 Å².